The van der Waals surface area contributed by atoms with Crippen LogP contribution < -0.4 is 4.90 Å². The standard InChI is InChI=1S/C12H14F3NO/c1-7-4-11(16(3)6-12(14)15)9(8(2)17)5-10(7)13/h4-5,12H,6H2,1-3H3. The molecule has 1 aromatic rings. The summed E-state index contributed by atoms with van der Waals surface area (Å²) in [6.45, 7) is 2.31. The van der Waals surface area contributed by atoms with Gasteiger partial charge in [-0.25, -0.2) is 13.2 Å². The van der Waals surface area contributed by atoms with Gasteiger partial charge in [0.25, 0.3) is 6.43 Å². The highest BCUT2D eigenvalue weighted by Gasteiger charge is 2.16. The van der Waals surface area contributed by atoms with Crippen LogP contribution in [-0.2, 0) is 0 Å². The Morgan fingerprint density at radius 2 is 2.00 bits per heavy atom. The highest BCUT2D eigenvalue weighted by Crippen LogP contribution is 2.24. The van der Waals surface area contributed by atoms with Crippen molar-refractivity contribution in [2.24, 2.45) is 0 Å². The van der Waals surface area contributed by atoms with Gasteiger partial charge < -0.3 is 4.90 Å². The molecule has 2 nitrogen and oxygen atoms in total. The topological polar surface area (TPSA) is 20.3 Å². The van der Waals surface area contributed by atoms with Crippen LogP contribution >= 0.6 is 0 Å². The summed E-state index contributed by atoms with van der Waals surface area (Å²) in [6.07, 6.45) is -2.51. The number of carbonyl (C=O) groups is 1. The molecular weight excluding hydrogens is 231 g/mol. The van der Waals surface area contributed by atoms with Gasteiger partial charge in [-0.3, -0.25) is 4.79 Å². The van der Waals surface area contributed by atoms with Gasteiger partial charge in [-0.2, -0.15) is 0 Å². The minimum atomic E-state index is -2.51. The predicted octanol–water partition coefficient (Wildman–Crippen LogP) is 3.04. The number of nitrogens with zero attached hydrogens (tertiary/aromatic N) is 1. The third-order valence-electron chi connectivity index (χ3n) is 2.48. The Morgan fingerprint density at radius 1 is 1.41 bits per heavy atom. The van der Waals surface area contributed by atoms with E-state index in [1.54, 1.807) is 0 Å². The van der Waals surface area contributed by atoms with Gasteiger partial charge in [-0.15, -0.1) is 0 Å². The lowest BCUT2D eigenvalue weighted by molar-refractivity contribution is 0.101. The Hall–Kier alpha value is -1.52. The van der Waals surface area contributed by atoms with E-state index in [1.165, 1.54) is 31.9 Å². The van der Waals surface area contributed by atoms with Crippen molar-refractivity contribution in [2.45, 2.75) is 20.3 Å². The first kappa shape index (κ1) is 13.5. The number of hydrogen-bond donors (Lipinski definition) is 0. The molecule has 0 saturated carbocycles. The molecule has 0 radical (unpaired) electrons. The van der Waals surface area contributed by atoms with Gasteiger partial charge in [-0.05, 0) is 31.5 Å². The third kappa shape index (κ3) is 3.22. The Labute approximate surface area is 98.0 Å². The quantitative estimate of drug-likeness (QED) is 0.760. The number of Topliss-reactive ketones (excluding diaryl/α,β-unsaturated/α-hetero) is 1. The van der Waals surface area contributed by atoms with Crippen LogP contribution in [0.3, 0.4) is 0 Å². The first-order chi connectivity index (χ1) is 7.82. The van der Waals surface area contributed by atoms with Gasteiger partial charge in [-0.1, -0.05) is 0 Å². The molecule has 0 bridgehead atoms. The summed E-state index contributed by atoms with van der Waals surface area (Å²) in [5, 5.41) is 0. The van der Waals surface area contributed by atoms with Crippen molar-refractivity contribution in [3.05, 3.63) is 29.1 Å². The van der Waals surface area contributed by atoms with Crippen LogP contribution in [0.4, 0.5) is 18.9 Å². The van der Waals surface area contributed by atoms with E-state index in [0.29, 0.717) is 11.3 Å². The first-order valence-electron chi connectivity index (χ1n) is 5.13. The molecule has 0 heterocycles. The summed E-state index contributed by atoms with van der Waals surface area (Å²) in [6, 6.07) is 2.50. The van der Waals surface area contributed by atoms with E-state index >= 15 is 0 Å². The summed E-state index contributed by atoms with van der Waals surface area (Å²) in [5.74, 6) is -0.857. The number of halogens is 3. The van der Waals surface area contributed by atoms with Crippen molar-refractivity contribution in [1.29, 1.82) is 0 Å². The number of aryl methyl sites for hydroxylation is 1. The molecule has 17 heavy (non-hydrogen) atoms. The normalized spacial score (nSPS) is 10.8. The van der Waals surface area contributed by atoms with Gasteiger partial charge in [0.05, 0.1) is 6.54 Å². The van der Waals surface area contributed by atoms with Gasteiger partial charge in [0.2, 0.25) is 0 Å². The summed E-state index contributed by atoms with van der Waals surface area (Å²) in [4.78, 5) is 12.6. The fraction of sp³-hybridized carbons (Fsp3) is 0.417. The molecule has 0 aliphatic heterocycles. The molecule has 0 saturated heterocycles. The maximum atomic E-state index is 13.3. The molecule has 0 unspecified atom stereocenters. The summed E-state index contributed by atoms with van der Waals surface area (Å²) < 4.78 is 37.9. The van der Waals surface area contributed by atoms with Crippen molar-refractivity contribution in [2.75, 3.05) is 18.5 Å². The average molecular weight is 245 g/mol. The maximum Gasteiger partial charge on any atom is 0.255 e. The van der Waals surface area contributed by atoms with E-state index in [1.807, 2.05) is 0 Å². The molecule has 0 fully saturated rings. The highest BCUT2D eigenvalue weighted by molar-refractivity contribution is 5.99. The zero-order chi connectivity index (χ0) is 13.2. The molecule has 0 spiro atoms. The molecule has 0 N–H and O–H groups in total. The van der Waals surface area contributed by atoms with E-state index in [-0.39, 0.29) is 11.3 Å². The summed E-state index contributed by atoms with van der Waals surface area (Å²) in [7, 11) is 1.45. The molecule has 0 aliphatic rings. The molecule has 1 aromatic carbocycles. The molecule has 5 heteroatoms. The number of ketones is 1. The highest BCUT2D eigenvalue weighted by atomic mass is 19.3. The fourth-order valence-corrected chi connectivity index (χ4v) is 1.57. The van der Waals surface area contributed by atoms with Crippen LogP contribution in [0.5, 0.6) is 0 Å². The van der Waals surface area contributed by atoms with E-state index in [2.05, 4.69) is 0 Å². The second kappa shape index (κ2) is 5.21. The minimum absolute atomic E-state index is 0.122. The van der Waals surface area contributed by atoms with Crippen molar-refractivity contribution < 1.29 is 18.0 Å². The number of anilines is 1. The van der Waals surface area contributed by atoms with Crippen LogP contribution in [0, 0.1) is 12.7 Å². The number of rotatable bonds is 4. The van der Waals surface area contributed by atoms with Gasteiger partial charge in [0, 0.05) is 18.3 Å². The van der Waals surface area contributed by atoms with Crippen LogP contribution in [0.15, 0.2) is 12.1 Å². The maximum absolute atomic E-state index is 13.3. The van der Waals surface area contributed by atoms with Gasteiger partial charge in [0.1, 0.15) is 5.82 Å². The largest absolute Gasteiger partial charge is 0.368 e. The smallest absolute Gasteiger partial charge is 0.255 e. The second-order valence-electron chi connectivity index (χ2n) is 3.95. The first-order valence-corrected chi connectivity index (χ1v) is 5.13. The lowest BCUT2D eigenvalue weighted by atomic mass is 10.1. The van der Waals surface area contributed by atoms with E-state index in [4.69, 9.17) is 0 Å². The molecule has 0 atom stereocenters. The molecule has 1 rings (SSSR count). The monoisotopic (exact) mass is 245 g/mol. The van der Waals surface area contributed by atoms with Crippen molar-refractivity contribution in [3.8, 4) is 0 Å². The molecule has 0 aromatic heterocycles. The Kier molecular flexibility index (Phi) is 4.15. The average Bonchev–Trinajstić information content (AvgIpc) is 2.19. The lowest BCUT2D eigenvalue weighted by Crippen LogP contribution is -2.25. The van der Waals surface area contributed by atoms with E-state index in [9.17, 15) is 18.0 Å². The van der Waals surface area contributed by atoms with E-state index in [0.717, 1.165) is 6.07 Å². The van der Waals surface area contributed by atoms with Gasteiger partial charge >= 0.3 is 0 Å². The Balaban J connectivity index is 3.20. The molecule has 94 valence electrons. The minimum Gasteiger partial charge on any atom is -0.368 e. The molecule has 0 aliphatic carbocycles. The number of benzene rings is 1. The Morgan fingerprint density at radius 3 is 2.47 bits per heavy atom. The number of alkyl halides is 2. The zero-order valence-corrected chi connectivity index (χ0v) is 9.93. The van der Waals surface area contributed by atoms with Crippen LogP contribution in [0.25, 0.3) is 0 Å². The third-order valence-corrected chi connectivity index (χ3v) is 2.48. The van der Waals surface area contributed by atoms with Crippen molar-refractivity contribution in [1.82, 2.24) is 0 Å². The molecular formula is C12H14F3NO. The van der Waals surface area contributed by atoms with Gasteiger partial charge in [0.15, 0.2) is 5.78 Å². The Bertz CT molecular complexity index is 432. The van der Waals surface area contributed by atoms with E-state index < -0.39 is 18.8 Å². The number of carbonyl (C=O) groups excluding carboxylic acids is 1. The second-order valence-corrected chi connectivity index (χ2v) is 3.95. The SMILES string of the molecule is CC(=O)c1cc(F)c(C)cc1N(C)CC(F)F. The number of hydrogen-bond acceptors (Lipinski definition) is 2. The van der Waals surface area contributed by atoms with Crippen LogP contribution in [0.2, 0.25) is 0 Å². The van der Waals surface area contributed by atoms with Crippen LogP contribution in [-0.4, -0.2) is 25.8 Å². The van der Waals surface area contributed by atoms with Crippen LogP contribution in [0.1, 0.15) is 22.8 Å². The van der Waals surface area contributed by atoms with Crippen molar-refractivity contribution >= 4 is 11.5 Å². The summed E-state index contributed by atoms with van der Waals surface area (Å²) in [5.41, 5.74) is 0.777. The lowest BCUT2D eigenvalue weighted by Gasteiger charge is -2.22. The molecule has 0 amide bonds. The van der Waals surface area contributed by atoms with Crippen molar-refractivity contribution in [3.63, 3.8) is 0 Å². The zero-order valence-electron chi connectivity index (χ0n) is 9.93. The fourth-order valence-electron chi connectivity index (χ4n) is 1.57. The predicted molar refractivity (Wildman–Crippen MR) is 60.4 cm³/mol. The summed E-state index contributed by atoms with van der Waals surface area (Å²) >= 11 is 0.